The topological polar surface area (TPSA) is 109 Å². The Labute approximate surface area is 259 Å². The van der Waals surface area contributed by atoms with Gasteiger partial charge in [0.05, 0.1) is 16.6 Å². The first-order valence-corrected chi connectivity index (χ1v) is 14.7. The number of para-hydroxylation sites is 6. The van der Waals surface area contributed by atoms with Gasteiger partial charge in [-0.25, -0.2) is 24.9 Å². The molecule has 5 aromatic heterocycles. The molecule has 0 aliphatic rings. The van der Waals surface area contributed by atoms with Crippen LogP contribution in [0.3, 0.4) is 0 Å². The first kappa shape index (κ1) is 24.8. The maximum atomic E-state index is 6.13. The van der Waals surface area contributed by atoms with Gasteiger partial charge in [0.2, 0.25) is 23.6 Å². The Morgan fingerprint density at radius 1 is 0.435 bits per heavy atom. The molecule has 0 saturated heterocycles. The Hall–Kier alpha value is -6.61. The van der Waals surface area contributed by atoms with Crippen molar-refractivity contribution in [2.75, 3.05) is 0 Å². The Morgan fingerprint density at radius 3 is 1.28 bits per heavy atom. The standard InChI is InChI=1S/C37H20N6O3/c1-4-10-31-26(7-1)40-34(44-31)21-13-15-29-24(17-21)25-18-22(35-41-27-8-2-5-11-32(27)45-35)14-16-30(25)43(29)37-38-19-23(20-39-37)36-42-28-9-3-6-12-33(28)46-36/h1-20H. The molecule has 46 heavy (non-hydrogen) atoms. The van der Waals surface area contributed by atoms with E-state index in [1.165, 1.54) is 0 Å². The molecule has 0 aliphatic carbocycles. The number of hydrogen-bond acceptors (Lipinski definition) is 8. The summed E-state index contributed by atoms with van der Waals surface area (Å²) in [5, 5.41) is 1.97. The van der Waals surface area contributed by atoms with Gasteiger partial charge in [-0.15, -0.1) is 0 Å². The predicted molar refractivity (Wildman–Crippen MR) is 175 cm³/mol. The highest BCUT2D eigenvalue weighted by atomic mass is 16.4. The summed E-state index contributed by atoms with van der Waals surface area (Å²) in [5.74, 6) is 2.10. The molecule has 5 aromatic carbocycles. The predicted octanol–water partition coefficient (Wildman–Crippen LogP) is 9.00. The van der Waals surface area contributed by atoms with Crippen LogP contribution in [0.25, 0.3) is 95.4 Å². The fraction of sp³-hybridized carbons (Fsp3) is 0. The lowest BCUT2D eigenvalue weighted by Crippen LogP contribution is -2.00. The molecule has 10 rings (SSSR count). The van der Waals surface area contributed by atoms with Crippen LogP contribution in [-0.2, 0) is 0 Å². The minimum atomic E-state index is 0.473. The van der Waals surface area contributed by atoms with Crippen LogP contribution in [0.1, 0.15) is 0 Å². The molecule has 0 radical (unpaired) electrons. The second kappa shape index (κ2) is 9.44. The molecule has 0 atom stereocenters. The van der Waals surface area contributed by atoms with Crippen LogP contribution in [-0.4, -0.2) is 29.5 Å². The van der Waals surface area contributed by atoms with Gasteiger partial charge >= 0.3 is 0 Å². The van der Waals surface area contributed by atoms with Gasteiger partial charge in [-0.1, -0.05) is 36.4 Å². The Balaban J connectivity index is 1.16. The lowest BCUT2D eigenvalue weighted by molar-refractivity contribution is 0.618. The average Bonchev–Trinajstić information content (AvgIpc) is 3.90. The number of hydrogen-bond donors (Lipinski definition) is 0. The van der Waals surface area contributed by atoms with Crippen LogP contribution in [0.2, 0.25) is 0 Å². The number of nitrogens with zero attached hydrogens (tertiary/aromatic N) is 6. The average molecular weight is 597 g/mol. The van der Waals surface area contributed by atoms with E-state index in [0.717, 1.165) is 60.6 Å². The van der Waals surface area contributed by atoms with Crippen LogP contribution in [0, 0.1) is 0 Å². The summed E-state index contributed by atoms with van der Waals surface area (Å²) < 4.78 is 20.3. The fourth-order valence-corrected chi connectivity index (χ4v) is 6.04. The lowest BCUT2D eigenvalue weighted by atomic mass is 10.1. The number of fused-ring (bicyclic) bond motifs is 6. The molecule has 0 spiro atoms. The van der Waals surface area contributed by atoms with Gasteiger partial charge < -0.3 is 13.3 Å². The monoisotopic (exact) mass is 596 g/mol. The third-order valence-corrected chi connectivity index (χ3v) is 8.23. The fourth-order valence-electron chi connectivity index (χ4n) is 6.04. The van der Waals surface area contributed by atoms with Crippen LogP contribution in [0.5, 0.6) is 0 Å². The van der Waals surface area contributed by atoms with E-state index in [9.17, 15) is 0 Å². The highest BCUT2D eigenvalue weighted by Gasteiger charge is 2.19. The van der Waals surface area contributed by atoms with Crippen LogP contribution < -0.4 is 0 Å². The summed E-state index contributed by atoms with van der Waals surface area (Å²) in [5.41, 5.74) is 8.88. The van der Waals surface area contributed by atoms with Crippen molar-refractivity contribution in [3.63, 3.8) is 0 Å². The quantitative estimate of drug-likeness (QED) is 0.198. The van der Waals surface area contributed by atoms with Gasteiger partial charge in [0.15, 0.2) is 16.7 Å². The molecule has 0 aliphatic heterocycles. The van der Waals surface area contributed by atoms with Gasteiger partial charge in [-0.05, 0) is 72.8 Å². The molecular weight excluding hydrogens is 576 g/mol. The van der Waals surface area contributed by atoms with Crippen molar-refractivity contribution in [2.24, 2.45) is 0 Å². The van der Waals surface area contributed by atoms with Crippen molar-refractivity contribution >= 4 is 55.1 Å². The zero-order chi connectivity index (χ0) is 30.2. The minimum Gasteiger partial charge on any atom is -0.436 e. The molecule has 0 fully saturated rings. The van der Waals surface area contributed by atoms with E-state index in [4.69, 9.17) is 33.2 Å². The van der Waals surface area contributed by atoms with Crippen molar-refractivity contribution < 1.29 is 13.3 Å². The maximum absolute atomic E-state index is 6.13. The summed E-state index contributed by atoms with van der Waals surface area (Å²) >= 11 is 0. The third kappa shape index (κ3) is 3.78. The van der Waals surface area contributed by atoms with Gasteiger partial charge in [-0.3, -0.25) is 4.57 Å². The number of rotatable bonds is 4. The second-order valence-corrected chi connectivity index (χ2v) is 11.0. The first-order chi connectivity index (χ1) is 22.7. The normalized spacial score (nSPS) is 11.9. The SMILES string of the molecule is c1ccc2oc(-c3cnc(-n4c5ccc(-c6nc7ccccc7o6)cc5c5cc(-c6nc7ccccc7o6)ccc54)nc3)nc2c1. The Kier molecular flexibility index (Phi) is 5.09. The van der Waals surface area contributed by atoms with E-state index in [2.05, 4.69) is 29.2 Å². The van der Waals surface area contributed by atoms with Crippen molar-refractivity contribution in [3.8, 4) is 40.3 Å². The lowest BCUT2D eigenvalue weighted by Gasteiger charge is -2.06. The summed E-state index contributed by atoms with van der Waals surface area (Å²) in [6.45, 7) is 0. The molecule has 0 unspecified atom stereocenters. The van der Waals surface area contributed by atoms with Crippen LogP contribution in [0.4, 0.5) is 0 Å². The number of benzene rings is 5. The largest absolute Gasteiger partial charge is 0.436 e. The molecule has 0 bridgehead atoms. The van der Waals surface area contributed by atoms with Crippen molar-refractivity contribution in [3.05, 3.63) is 122 Å². The number of oxazole rings is 3. The van der Waals surface area contributed by atoms with E-state index < -0.39 is 0 Å². The molecule has 10 aromatic rings. The maximum Gasteiger partial charge on any atom is 0.234 e. The van der Waals surface area contributed by atoms with E-state index in [-0.39, 0.29) is 0 Å². The Morgan fingerprint density at radius 2 is 0.848 bits per heavy atom. The molecule has 0 saturated carbocycles. The van der Waals surface area contributed by atoms with Gasteiger partial charge in [0.1, 0.15) is 16.6 Å². The van der Waals surface area contributed by atoms with Gasteiger partial charge in [0, 0.05) is 34.3 Å². The number of aromatic nitrogens is 6. The van der Waals surface area contributed by atoms with E-state index in [1.807, 2.05) is 89.5 Å². The summed E-state index contributed by atoms with van der Waals surface area (Å²) in [7, 11) is 0. The molecular formula is C37H20N6O3. The van der Waals surface area contributed by atoms with Crippen molar-refractivity contribution in [1.29, 1.82) is 0 Å². The molecule has 0 amide bonds. The second-order valence-electron chi connectivity index (χ2n) is 11.0. The molecule has 9 nitrogen and oxygen atoms in total. The van der Waals surface area contributed by atoms with Crippen molar-refractivity contribution in [1.82, 2.24) is 29.5 Å². The molecule has 5 heterocycles. The van der Waals surface area contributed by atoms with Gasteiger partial charge in [0.25, 0.3) is 0 Å². The summed E-state index contributed by atoms with van der Waals surface area (Å²) in [6.07, 6.45) is 3.48. The third-order valence-electron chi connectivity index (χ3n) is 8.23. The van der Waals surface area contributed by atoms with Crippen LogP contribution in [0.15, 0.2) is 135 Å². The minimum absolute atomic E-state index is 0.473. The summed E-state index contributed by atoms with van der Waals surface area (Å²) in [4.78, 5) is 23.6. The smallest absolute Gasteiger partial charge is 0.234 e. The zero-order valence-electron chi connectivity index (χ0n) is 24.0. The summed E-state index contributed by atoms with van der Waals surface area (Å²) in [6, 6.07) is 35.5. The van der Waals surface area contributed by atoms with E-state index in [1.54, 1.807) is 12.4 Å². The molecule has 216 valence electrons. The highest BCUT2D eigenvalue weighted by Crippen LogP contribution is 2.37. The van der Waals surface area contributed by atoms with Gasteiger partial charge in [-0.2, -0.15) is 0 Å². The van der Waals surface area contributed by atoms with Crippen LogP contribution >= 0.6 is 0 Å². The molecule has 9 heteroatoms. The first-order valence-electron chi connectivity index (χ1n) is 14.7. The van der Waals surface area contributed by atoms with E-state index >= 15 is 0 Å². The zero-order valence-corrected chi connectivity index (χ0v) is 24.0. The van der Waals surface area contributed by atoms with Crippen molar-refractivity contribution in [2.45, 2.75) is 0 Å². The van der Waals surface area contributed by atoms with E-state index in [0.29, 0.717) is 34.8 Å². The highest BCUT2D eigenvalue weighted by molar-refractivity contribution is 6.11. The molecule has 0 N–H and O–H groups in total. The Bertz CT molecular complexity index is 2540.